The zero-order valence-electron chi connectivity index (χ0n) is 16.5. The molecule has 0 amide bonds. The van der Waals surface area contributed by atoms with E-state index in [-0.39, 0.29) is 0 Å². The number of rotatable bonds is 6. The average molecular weight is 396 g/mol. The molecule has 1 N–H and O–H groups in total. The van der Waals surface area contributed by atoms with Crippen LogP contribution in [0.4, 0.5) is 5.69 Å². The number of nitrogens with one attached hydrogen (secondary N) is 1. The van der Waals surface area contributed by atoms with Crippen molar-refractivity contribution >= 4 is 17.9 Å². The van der Waals surface area contributed by atoms with Gasteiger partial charge >= 0.3 is 0 Å². The standard InChI is InChI=1S/C21H26N6S/c1-24(15-18-7-3-4-8-19(18)26-13-5-6-14-26)16-27-21(28)25(2)20(23-27)17-9-11-22-12-10-17/h3-4,7-12H,5-6,13-16H2,1-2H3/p+1. The summed E-state index contributed by atoms with van der Waals surface area (Å²) in [5.74, 6) is 0.873. The molecule has 1 unspecified atom stereocenters. The van der Waals surface area contributed by atoms with E-state index in [4.69, 9.17) is 17.3 Å². The Kier molecular flexibility index (Phi) is 5.54. The molecule has 7 heteroatoms. The van der Waals surface area contributed by atoms with Crippen LogP contribution in [0.2, 0.25) is 0 Å². The lowest BCUT2D eigenvalue weighted by Crippen LogP contribution is -3.07. The molecular weight excluding hydrogens is 368 g/mol. The van der Waals surface area contributed by atoms with Gasteiger partial charge in [-0.1, -0.05) is 18.2 Å². The minimum absolute atomic E-state index is 0.728. The molecule has 0 spiro atoms. The summed E-state index contributed by atoms with van der Waals surface area (Å²) in [6.45, 7) is 4.00. The molecule has 1 aromatic carbocycles. The third-order valence-corrected chi connectivity index (χ3v) is 5.81. The molecule has 1 atom stereocenters. The fraction of sp³-hybridized carbons (Fsp3) is 0.381. The number of hydrogen-bond donors (Lipinski definition) is 1. The molecular formula is C21H27N6S+. The van der Waals surface area contributed by atoms with Crippen LogP contribution in [0.1, 0.15) is 18.4 Å². The number of hydrogen-bond acceptors (Lipinski definition) is 4. The summed E-state index contributed by atoms with van der Waals surface area (Å²) >= 11 is 5.64. The molecule has 3 aromatic rings. The fourth-order valence-electron chi connectivity index (χ4n) is 3.91. The predicted molar refractivity (Wildman–Crippen MR) is 114 cm³/mol. The van der Waals surface area contributed by atoms with E-state index in [9.17, 15) is 0 Å². The Labute approximate surface area is 171 Å². The van der Waals surface area contributed by atoms with Crippen LogP contribution >= 0.6 is 12.2 Å². The van der Waals surface area contributed by atoms with E-state index >= 15 is 0 Å². The van der Waals surface area contributed by atoms with Gasteiger partial charge in [-0.15, -0.1) is 5.10 Å². The number of nitrogens with zero attached hydrogens (tertiary/aromatic N) is 5. The molecule has 1 saturated heterocycles. The molecule has 146 valence electrons. The lowest BCUT2D eigenvalue weighted by atomic mass is 10.1. The fourth-order valence-corrected chi connectivity index (χ4v) is 4.10. The zero-order valence-corrected chi connectivity index (χ0v) is 17.3. The predicted octanol–water partition coefficient (Wildman–Crippen LogP) is 2.29. The minimum Gasteiger partial charge on any atom is -0.371 e. The van der Waals surface area contributed by atoms with E-state index in [0.717, 1.165) is 42.5 Å². The lowest BCUT2D eigenvalue weighted by Gasteiger charge is -2.23. The number of pyridine rings is 1. The largest absolute Gasteiger partial charge is 0.371 e. The molecule has 3 heterocycles. The summed E-state index contributed by atoms with van der Waals surface area (Å²) in [7, 11) is 4.17. The number of benzene rings is 1. The van der Waals surface area contributed by atoms with Crippen molar-refractivity contribution in [2.75, 3.05) is 25.0 Å². The van der Waals surface area contributed by atoms with Crippen LogP contribution in [0.5, 0.6) is 0 Å². The summed E-state index contributed by atoms with van der Waals surface area (Å²) in [5, 5.41) is 4.78. The molecule has 28 heavy (non-hydrogen) atoms. The zero-order chi connectivity index (χ0) is 19.5. The molecule has 1 aliphatic heterocycles. The summed E-state index contributed by atoms with van der Waals surface area (Å²) in [6, 6.07) is 12.7. The van der Waals surface area contributed by atoms with Crippen molar-refractivity contribution in [2.45, 2.75) is 26.1 Å². The normalized spacial score (nSPS) is 15.1. The van der Waals surface area contributed by atoms with E-state index in [1.54, 1.807) is 12.4 Å². The maximum absolute atomic E-state index is 5.64. The third kappa shape index (κ3) is 3.86. The molecule has 1 fully saturated rings. The summed E-state index contributed by atoms with van der Waals surface area (Å²) in [6.07, 6.45) is 6.14. The third-order valence-electron chi connectivity index (χ3n) is 5.33. The van der Waals surface area contributed by atoms with Gasteiger partial charge in [-0.05, 0) is 43.3 Å². The van der Waals surface area contributed by atoms with Crippen molar-refractivity contribution in [1.82, 2.24) is 19.3 Å². The van der Waals surface area contributed by atoms with E-state index < -0.39 is 0 Å². The second-order valence-electron chi connectivity index (χ2n) is 7.52. The maximum Gasteiger partial charge on any atom is 0.202 e. The van der Waals surface area contributed by atoms with Crippen molar-refractivity contribution < 1.29 is 4.90 Å². The Morgan fingerprint density at radius 2 is 1.79 bits per heavy atom. The van der Waals surface area contributed by atoms with Gasteiger partial charge in [0.2, 0.25) is 4.77 Å². The summed E-state index contributed by atoms with van der Waals surface area (Å²) in [5.41, 5.74) is 3.79. The van der Waals surface area contributed by atoms with Crippen LogP contribution in [-0.4, -0.2) is 39.5 Å². The second kappa shape index (κ2) is 8.24. The molecule has 6 nitrogen and oxygen atoms in total. The van der Waals surface area contributed by atoms with E-state index in [1.165, 1.54) is 29.0 Å². The highest BCUT2D eigenvalue weighted by Crippen LogP contribution is 2.24. The monoisotopic (exact) mass is 395 g/mol. The molecule has 4 rings (SSSR count). The van der Waals surface area contributed by atoms with Gasteiger partial charge in [-0.25, -0.2) is 0 Å². The first-order valence-corrected chi connectivity index (χ1v) is 10.2. The maximum atomic E-state index is 5.64. The Bertz CT molecular complexity index is 988. The molecule has 0 saturated carbocycles. The molecule has 1 aliphatic rings. The molecule has 2 aromatic heterocycles. The van der Waals surface area contributed by atoms with Crippen molar-refractivity contribution in [1.29, 1.82) is 0 Å². The summed E-state index contributed by atoms with van der Waals surface area (Å²) < 4.78 is 4.63. The average Bonchev–Trinajstić information content (AvgIpc) is 3.34. The van der Waals surface area contributed by atoms with Gasteiger partial charge in [-0.2, -0.15) is 4.68 Å². The molecule has 0 aliphatic carbocycles. The van der Waals surface area contributed by atoms with Crippen molar-refractivity contribution in [3.63, 3.8) is 0 Å². The SMILES string of the molecule is Cn1c(-c2ccncc2)nn(C[NH+](C)Cc2ccccc2N2CCCC2)c1=S. The van der Waals surface area contributed by atoms with Crippen LogP contribution in [0.15, 0.2) is 48.8 Å². The number of quaternary nitrogens is 1. The van der Waals surface area contributed by atoms with Crippen LogP contribution in [0.25, 0.3) is 11.4 Å². The Morgan fingerprint density at radius 3 is 2.54 bits per heavy atom. The van der Waals surface area contributed by atoms with E-state index in [0.29, 0.717) is 0 Å². The van der Waals surface area contributed by atoms with Gasteiger partial charge in [0.25, 0.3) is 0 Å². The quantitative estimate of drug-likeness (QED) is 0.651. The van der Waals surface area contributed by atoms with Crippen LogP contribution in [-0.2, 0) is 20.3 Å². The Hall–Kier alpha value is -2.51. The van der Waals surface area contributed by atoms with Crippen molar-refractivity contribution in [3.05, 3.63) is 59.1 Å². The van der Waals surface area contributed by atoms with Crippen molar-refractivity contribution in [3.8, 4) is 11.4 Å². The van der Waals surface area contributed by atoms with Gasteiger partial charge < -0.3 is 14.4 Å². The van der Waals surface area contributed by atoms with Gasteiger partial charge in [-0.3, -0.25) is 4.98 Å². The molecule has 0 radical (unpaired) electrons. The topological polar surface area (TPSA) is 43.3 Å². The first-order valence-electron chi connectivity index (χ1n) is 9.82. The number of anilines is 1. The van der Waals surface area contributed by atoms with Gasteiger partial charge in [0.05, 0.1) is 7.05 Å². The van der Waals surface area contributed by atoms with E-state index in [2.05, 4.69) is 41.2 Å². The van der Waals surface area contributed by atoms with E-state index in [1.807, 2.05) is 28.4 Å². The Balaban J connectivity index is 1.52. The summed E-state index contributed by atoms with van der Waals surface area (Å²) in [4.78, 5) is 7.95. The van der Waals surface area contributed by atoms with Crippen LogP contribution in [0.3, 0.4) is 0 Å². The highest BCUT2D eigenvalue weighted by Gasteiger charge is 2.18. The lowest BCUT2D eigenvalue weighted by molar-refractivity contribution is -0.917. The van der Waals surface area contributed by atoms with Crippen molar-refractivity contribution in [2.24, 2.45) is 7.05 Å². The minimum atomic E-state index is 0.728. The Morgan fingerprint density at radius 1 is 1.07 bits per heavy atom. The second-order valence-corrected chi connectivity index (χ2v) is 7.88. The molecule has 0 bridgehead atoms. The van der Waals surface area contributed by atoms with Gasteiger partial charge in [0.1, 0.15) is 6.54 Å². The number of para-hydroxylation sites is 1. The number of aromatic nitrogens is 4. The van der Waals surface area contributed by atoms with Crippen LogP contribution in [0, 0.1) is 4.77 Å². The first kappa shape index (κ1) is 18.8. The van der Waals surface area contributed by atoms with Gasteiger partial charge in [0.15, 0.2) is 12.5 Å². The highest BCUT2D eigenvalue weighted by molar-refractivity contribution is 7.71. The van der Waals surface area contributed by atoms with Gasteiger partial charge in [0, 0.05) is 49.3 Å². The first-order chi connectivity index (χ1) is 13.6. The van der Waals surface area contributed by atoms with Crippen LogP contribution < -0.4 is 9.80 Å². The highest BCUT2D eigenvalue weighted by atomic mass is 32.1. The smallest absolute Gasteiger partial charge is 0.202 e.